The summed E-state index contributed by atoms with van der Waals surface area (Å²) in [6.45, 7) is 4.21. The van der Waals surface area contributed by atoms with Crippen molar-refractivity contribution in [3.63, 3.8) is 0 Å². The standard InChI is InChI=1S/C22H18N2OS/c1-22(2)12-18-17(19(25)13-22)10-8-16(24-18)9-11-21-23-14-20(26-21)15-6-4-3-5-7-15/h3-8,10,14H,12-13H2,1-2H3. The number of benzene rings is 1. The molecule has 0 bridgehead atoms. The van der Waals surface area contributed by atoms with Crippen molar-refractivity contribution in [1.82, 2.24) is 9.97 Å². The molecule has 1 aliphatic rings. The number of aromatic nitrogens is 2. The van der Waals surface area contributed by atoms with Crippen LogP contribution < -0.4 is 0 Å². The Labute approximate surface area is 157 Å². The van der Waals surface area contributed by atoms with Crippen LogP contribution in [0.4, 0.5) is 0 Å². The summed E-state index contributed by atoms with van der Waals surface area (Å²) in [4.78, 5) is 22.4. The fourth-order valence-electron chi connectivity index (χ4n) is 3.19. The van der Waals surface area contributed by atoms with Gasteiger partial charge in [-0.25, -0.2) is 9.97 Å². The molecular formula is C22H18N2OS. The lowest BCUT2D eigenvalue weighted by Crippen LogP contribution is -2.28. The molecule has 128 valence electrons. The van der Waals surface area contributed by atoms with Gasteiger partial charge >= 0.3 is 0 Å². The van der Waals surface area contributed by atoms with E-state index in [0.717, 1.165) is 33.1 Å². The molecule has 0 fully saturated rings. The van der Waals surface area contributed by atoms with Gasteiger partial charge in [-0.15, -0.1) is 11.3 Å². The van der Waals surface area contributed by atoms with Crippen molar-refractivity contribution < 1.29 is 4.79 Å². The van der Waals surface area contributed by atoms with Crippen LogP contribution in [0.15, 0.2) is 48.7 Å². The highest BCUT2D eigenvalue weighted by molar-refractivity contribution is 7.15. The van der Waals surface area contributed by atoms with E-state index in [-0.39, 0.29) is 11.2 Å². The molecule has 2 heterocycles. The normalized spacial score (nSPS) is 15.1. The molecule has 1 aliphatic carbocycles. The number of Topliss-reactive ketones (excluding diaryl/α,β-unsaturated/α-hetero) is 1. The topological polar surface area (TPSA) is 42.9 Å². The third-order valence-corrected chi connectivity index (χ3v) is 5.38. The number of rotatable bonds is 1. The predicted molar refractivity (Wildman–Crippen MR) is 104 cm³/mol. The van der Waals surface area contributed by atoms with E-state index in [1.807, 2.05) is 36.5 Å². The van der Waals surface area contributed by atoms with Gasteiger partial charge in [-0.3, -0.25) is 4.79 Å². The number of carbonyl (C=O) groups is 1. The van der Waals surface area contributed by atoms with Gasteiger partial charge in [0.2, 0.25) is 0 Å². The minimum Gasteiger partial charge on any atom is -0.294 e. The van der Waals surface area contributed by atoms with E-state index in [0.29, 0.717) is 12.1 Å². The smallest absolute Gasteiger partial charge is 0.167 e. The highest BCUT2D eigenvalue weighted by atomic mass is 32.1. The van der Waals surface area contributed by atoms with Crippen molar-refractivity contribution >= 4 is 17.1 Å². The number of fused-ring (bicyclic) bond motifs is 1. The van der Waals surface area contributed by atoms with Gasteiger partial charge in [0.05, 0.1) is 10.6 Å². The molecule has 0 atom stereocenters. The number of hydrogen-bond acceptors (Lipinski definition) is 4. The van der Waals surface area contributed by atoms with Crippen molar-refractivity contribution in [1.29, 1.82) is 0 Å². The molecular weight excluding hydrogens is 340 g/mol. The molecule has 3 nitrogen and oxygen atoms in total. The maximum absolute atomic E-state index is 12.2. The van der Waals surface area contributed by atoms with Gasteiger partial charge < -0.3 is 0 Å². The zero-order valence-electron chi connectivity index (χ0n) is 14.7. The fraction of sp³-hybridized carbons (Fsp3) is 0.227. The molecule has 3 aromatic rings. The van der Waals surface area contributed by atoms with Gasteiger partial charge in [0.25, 0.3) is 0 Å². The summed E-state index contributed by atoms with van der Waals surface area (Å²) in [5.74, 6) is 6.37. The molecule has 4 heteroatoms. The van der Waals surface area contributed by atoms with E-state index in [9.17, 15) is 4.79 Å². The largest absolute Gasteiger partial charge is 0.294 e. The van der Waals surface area contributed by atoms with E-state index in [1.165, 1.54) is 0 Å². The molecule has 0 saturated heterocycles. The first-order valence-corrected chi connectivity index (χ1v) is 9.38. The summed E-state index contributed by atoms with van der Waals surface area (Å²) in [6, 6.07) is 13.8. The van der Waals surface area contributed by atoms with Crippen LogP contribution in [-0.2, 0) is 6.42 Å². The summed E-state index contributed by atoms with van der Waals surface area (Å²) in [6.07, 6.45) is 3.23. The molecule has 1 aromatic carbocycles. The van der Waals surface area contributed by atoms with Gasteiger partial charge in [-0.05, 0) is 41.4 Å². The molecule has 4 rings (SSSR count). The van der Waals surface area contributed by atoms with Crippen LogP contribution in [0.25, 0.3) is 10.4 Å². The first kappa shape index (κ1) is 16.7. The van der Waals surface area contributed by atoms with Gasteiger partial charge in [-0.2, -0.15) is 0 Å². The molecule has 0 unspecified atom stereocenters. The minimum atomic E-state index is -0.0387. The van der Waals surface area contributed by atoms with E-state index >= 15 is 0 Å². The molecule has 2 aromatic heterocycles. The number of hydrogen-bond donors (Lipinski definition) is 0. The maximum atomic E-state index is 12.2. The lowest BCUT2D eigenvalue weighted by Gasteiger charge is -2.29. The molecule has 26 heavy (non-hydrogen) atoms. The maximum Gasteiger partial charge on any atom is 0.167 e. The Balaban J connectivity index is 1.60. The Morgan fingerprint density at radius 3 is 2.65 bits per heavy atom. The predicted octanol–water partition coefficient (Wildman–Crippen LogP) is 4.76. The average Bonchev–Trinajstić information content (AvgIpc) is 3.08. The second kappa shape index (κ2) is 6.51. The second-order valence-electron chi connectivity index (χ2n) is 7.28. The number of ketones is 1. The molecule has 0 spiro atoms. The number of pyridine rings is 1. The van der Waals surface area contributed by atoms with Crippen LogP contribution in [0.3, 0.4) is 0 Å². The second-order valence-corrected chi connectivity index (χ2v) is 8.31. The highest BCUT2D eigenvalue weighted by Gasteiger charge is 2.31. The van der Waals surface area contributed by atoms with Crippen molar-refractivity contribution in [3.8, 4) is 22.3 Å². The zero-order chi connectivity index (χ0) is 18.1. The van der Waals surface area contributed by atoms with Crippen LogP contribution in [0.2, 0.25) is 0 Å². The SMILES string of the molecule is CC1(C)CC(=O)c2ccc(C#Cc3ncc(-c4ccccc4)s3)nc2C1. The number of carbonyl (C=O) groups excluding carboxylic acids is 1. The van der Waals surface area contributed by atoms with Crippen LogP contribution in [-0.4, -0.2) is 15.8 Å². The average molecular weight is 358 g/mol. The van der Waals surface area contributed by atoms with Gasteiger partial charge in [-0.1, -0.05) is 44.2 Å². The van der Waals surface area contributed by atoms with E-state index in [4.69, 9.17) is 0 Å². The number of nitrogens with zero attached hydrogens (tertiary/aromatic N) is 2. The van der Waals surface area contributed by atoms with E-state index in [1.54, 1.807) is 11.3 Å². The Morgan fingerprint density at radius 1 is 1.04 bits per heavy atom. The molecule has 0 saturated carbocycles. The molecule has 0 radical (unpaired) electrons. The van der Waals surface area contributed by atoms with Gasteiger partial charge in [0.1, 0.15) is 5.69 Å². The van der Waals surface area contributed by atoms with Crippen LogP contribution in [0, 0.1) is 17.3 Å². The Morgan fingerprint density at radius 2 is 1.85 bits per heavy atom. The van der Waals surface area contributed by atoms with Crippen molar-refractivity contribution in [2.45, 2.75) is 26.7 Å². The minimum absolute atomic E-state index is 0.0387. The van der Waals surface area contributed by atoms with Gasteiger partial charge in [0.15, 0.2) is 10.8 Å². The Hall–Kier alpha value is -2.77. The summed E-state index contributed by atoms with van der Waals surface area (Å²) < 4.78 is 0. The summed E-state index contributed by atoms with van der Waals surface area (Å²) in [7, 11) is 0. The lowest BCUT2D eigenvalue weighted by atomic mass is 9.75. The Kier molecular flexibility index (Phi) is 4.18. The van der Waals surface area contributed by atoms with Crippen molar-refractivity contribution in [2.75, 3.05) is 0 Å². The molecule has 0 amide bonds. The Bertz CT molecular complexity index is 1040. The van der Waals surface area contributed by atoms with Gasteiger partial charge in [0, 0.05) is 18.2 Å². The van der Waals surface area contributed by atoms with E-state index < -0.39 is 0 Å². The quantitative estimate of drug-likeness (QED) is 0.589. The van der Waals surface area contributed by atoms with E-state index in [2.05, 4.69) is 47.8 Å². The number of thiazole rings is 1. The van der Waals surface area contributed by atoms with Crippen LogP contribution in [0.1, 0.15) is 47.0 Å². The van der Waals surface area contributed by atoms with Crippen molar-refractivity contribution in [2.24, 2.45) is 5.41 Å². The van der Waals surface area contributed by atoms with Crippen LogP contribution in [0.5, 0.6) is 0 Å². The summed E-state index contributed by atoms with van der Waals surface area (Å²) >= 11 is 1.57. The zero-order valence-corrected chi connectivity index (χ0v) is 15.6. The summed E-state index contributed by atoms with van der Waals surface area (Å²) in [5, 5.41) is 0.764. The third kappa shape index (κ3) is 3.44. The highest BCUT2D eigenvalue weighted by Crippen LogP contribution is 2.33. The first-order chi connectivity index (χ1) is 12.5. The monoisotopic (exact) mass is 358 g/mol. The summed E-state index contributed by atoms with van der Waals surface area (Å²) in [5.41, 5.74) is 3.40. The molecule has 0 aliphatic heterocycles. The lowest BCUT2D eigenvalue weighted by molar-refractivity contribution is 0.0910. The van der Waals surface area contributed by atoms with Crippen molar-refractivity contribution in [3.05, 3.63) is 70.6 Å². The third-order valence-electron chi connectivity index (χ3n) is 4.42. The first-order valence-electron chi connectivity index (χ1n) is 8.57. The molecule has 0 N–H and O–H groups in total. The van der Waals surface area contributed by atoms with Crippen LogP contribution >= 0.6 is 11.3 Å². The fourth-order valence-corrected chi connectivity index (χ4v) is 3.97.